The summed E-state index contributed by atoms with van der Waals surface area (Å²) in [6, 6.07) is 6.59. The Bertz CT molecular complexity index is 563. The molecule has 0 aliphatic carbocycles. The number of ketones is 1. The first kappa shape index (κ1) is 11.7. The minimum Gasteiger partial charge on any atom is -0.496 e. The van der Waals surface area contributed by atoms with Crippen molar-refractivity contribution in [2.24, 2.45) is 7.05 Å². The van der Waals surface area contributed by atoms with Gasteiger partial charge in [0.15, 0.2) is 0 Å². The van der Waals surface area contributed by atoms with Crippen molar-refractivity contribution in [1.29, 1.82) is 0 Å². The molecule has 5 heteroatoms. The Kier molecular flexibility index (Phi) is 3.15. The lowest BCUT2D eigenvalue weighted by atomic mass is 10.1. The standard InChI is InChI=1S/C12H11ClN2O2/c1-15-10(5-6-14-15)12(16)9-4-3-8(13)7-11(9)17-2/h3-7H,1-2H3. The van der Waals surface area contributed by atoms with E-state index >= 15 is 0 Å². The normalized spacial score (nSPS) is 10.3. The third-order valence-electron chi connectivity index (χ3n) is 2.46. The predicted molar refractivity (Wildman–Crippen MR) is 64.6 cm³/mol. The van der Waals surface area contributed by atoms with Crippen LogP contribution in [-0.2, 0) is 7.05 Å². The molecule has 0 bridgehead atoms. The third kappa shape index (κ3) is 2.17. The number of aromatic nitrogens is 2. The molecule has 2 rings (SSSR count). The molecule has 0 aliphatic heterocycles. The van der Waals surface area contributed by atoms with Gasteiger partial charge in [0.2, 0.25) is 5.78 Å². The van der Waals surface area contributed by atoms with Crippen LogP contribution in [0.1, 0.15) is 16.1 Å². The highest BCUT2D eigenvalue weighted by molar-refractivity contribution is 6.31. The molecule has 0 atom stereocenters. The van der Waals surface area contributed by atoms with Crippen LogP contribution in [-0.4, -0.2) is 22.7 Å². The Morgan fingerprint density at radius 1 is 1.41 bits per heavy atom. The summed E-state index contributed by atoms with van der Waals surface area (Å²) >= 11 is 5.85. The van der Waals surface area contributed by atoms with Crippen molar-refractivity contribution in [3.8, 4) is 5.75 Å². The fraction of sp³-hybridized carbons (Fsp3) is 0.167. The van der Waals surface area contributed by atoms with Gasteiger partial charge in [0.1, 0.15) is 11.4 Å². The van der Waals surface area contributed by atoms with Gasteiger partial charge in [0.25, 0.3) is 0 Å². The zero-order valence-electron chi connectivity index (χ0n) is 9.48. The van der Waals surface area contributed by atoms with E-state index in [9.17, 15) is 4.79 Å². The number of methoxy groups -OCH3 is 1. The van der Waals surface area contributed by atoms with E-state index in [0.29, 0.717) is 22.0 Å². The second-order valence-corrected chi connectivity index (χ2v) is 3.95. The van der Waals surface area contributed by atoms with Crippen LogP contribution in [0.25, 0.3) is 0 Å². The van der Waals surface area contributed by atoms with Gasteiger partial charge in [-0.25, -0.2) is 0 Å². The van der Waals surface area contributed by atoms with Gasteiger partial charge in [0, 0.05) is 18.3 Å². The maximum atomic E-state index is 12.2. The molecule has 0 fully saturated rings. The number of nitrogens with zero attached hydrogens (tertiary/aromatic N) is 2. The summed E-state index contributed by atoms with van der Waals surface area (Å²) in [7, 11) is 3.22. The lowest BCUT2D eigenvalue weighted by Crippen LogP contribution is -2.09. The second-order valence-electron chi connectivity index (χ2n) is 3.51. The number of carbonyl (C=O) groups is 1. The number of halogens is 1. The van der Waals surface area contributed by atoms with Gasteiger partial charge in [-0.2, -0.15) is 5.10 Å². The number of hydrogen-bond donors (Lipinski definition) is 0. The van der Waals surface area contributed by atoms with Crippen molar-refractivity contribution in [2.75, 3.05) is 7.11 Å². The topological polar surface area (TPSA) is 44.1 Å². The zero-order valence-corrected chi connectivity index (χ0v) is 10.2. The predicted octanol–water partition coefficient (Wildman–Crippen LogP) is 2.31. The van der Waals surface area contributed by atoms with Crippen LogP contribution in [0.5, 0.6) is 5.75 Å². The Balaban J connectivity index is 2.48. The minimum atomic E-state index is -0.140. The van der Waals surface area contributed by atoms with Crippen molar-refractivity contribution >= 4 is 17.4 Å². The largest absolute Gasteiger partial charge is 0.496 e. The lowest BCUT2D eigenvalue weighted by Gasteiger charge is -2.08. The van der Waals surface area contributed by atoms with Gasteiger partial charge < -0.3 is 4.74 Å². The number of hydrogen-bond acceptors (Lipinski definition) is 3. The van der Waals surface area contributed by atoms with Gasteiger partial charge in [-0.3, -0.25) is 9.48 Å². The molecule has 1 aromatic carbocycles. The van der Waals surface area contributed by atoms with Gasteiger partial charge >= 0.3 is 0 Å². The number of benzene rings is 1. The van der Waals surface area contributed by atoms with E-state index in [1.165, 1.54) is 11.8 Å². The average Bonchev–Trinajstić information content (AvgIpc) is 2.74. The van der Waals surface area contributed by atoms with Gasteiger partial charge in [-0.05, 0) is 24.3 Å². The maximum Gasteiger partial charge on any atom is 0.214 e. The molecular formula is C12H11ClN2O2. The number of carbonyl (C=O) groups excluding carboxylic acids is 1. The summed E-state index contributed by atoms with van der Waals surface area (Å²) in [4.78, 5) is 12.2. The maximum absolute atomic E-state index is 12.2. The SMILES string of the molecule is COc1cc(Cl)ccc1C(=O)c1ccnn1C. The van der Waals surface area contributed by atoms with E-state index in [0.717, 1.165) is 0 Å². The minimum absolute atomic E-state index is 0.140. The molecule has 0 saturated heterocycles. The molecule has 2 aromatic rings. The van der Waals surface area contributed by atoms with Crippen LogP contribution >= 0.6 is 11.6 Å². The van der Waals surface area contributed by atoms with Crippen molar-refractivity contribution in [2.45, 2.75) is 0 Å². The lowest BCUT2D eigenvalue weighted by molar-refractivity contribution is 0.102. The van der Waals surface area contributed by atoms with E-state index in [-0.39, 0.29) is 5.78 Å². The van der Waals surface area contributed by atoms with Crippen molar-refractivity contribution in [1.82, 2.24) is 9.78 Å². The van der Waals surface area contributed by atoms with E-state index in [1.807, 2.05) is 0 Å². The summed E-state index contributed by atoms with van der Waals surface area (Å²) in [5.41, 5.74) is 0.978. The van der Waals surface area contributed by atoms with E-state index < -0.39 is 0 Å². The first-order valence-electron chi connectivity index (χ1n) is 4.99. The molecule has 4 nitrogen and oxygen atoms in total. The smallest absolute Gasteiger partial charge is 0.214 e. The van der Waals surface area contributed by atoms with Crippen LogP contribution in [0.4, 0.5) is 0 Å². The fourth-order valence-corrected chi connectivity index (χ4v) is 1.75. The highest BCUT2D eigenvalue weighted by Crippen LogP contribution is 2.25. The molecule has 1 heterocycles. The van der Waals surface area contributed by atoms with Crippen LogP contribution < -0.4 is 4.74 Å². The van der Waals surface area contributed by atoms with Crippen LogP contribution in [0.2, 0.25) is 5.02 Å². The molecule has 0 N–H and O–H groups in total. The summed E-state index contributed by atoms with van der Waals surface area (Å²) in [5, 5.41) is 4.50. The second kappa shape index (κ2) is 4.59. The third-order valence-corrected chi connectivity index (χ3v) is 2.70. The van der Waals surface area contributed by atoms with Crippen LogP contribution in [0.3, 0.4) is 0 Å². The van der Waals surface area contributed by atoms with Gasteiger partial charge in [-0.15, -0.1) is 0 Å². The Morgan fingerprint density at radius 3 is 2.76 bits per heavy atom. The molecule has 0 amide bonds. The number of ether oxygens (including phenoxy) is 1. The number of rotatable bonds is 3. The molecule has 1 aromatic heterocycles. The molecule has 17 heavy (non-hydrogen) atoms. The monoisotopic (exact) mass is 250 g/mol. The average molecular weight is 251 g/mol. The van der Waals surface area contributed by atoms with Crippen molar-refractivity contribution < 1.29 is 9.53 Å². The first-order valence-corrected chi connectivity index (χ1v) is 5.37. The van der Waals surface area contributed by atoms with Crippen LogP contribution in [0, 0.1) is 0 Å². The van der Waals surface area contributed by atoms with Gasteiger partial charge in [-0.1, -0.05) is 11.6 Å². The summed E-state index contributed by atoms with van der Waals surface area (Å²) in [6.07, 6.45) is 1.58. The Labute approximate surface area is 104 Å². The summed E-state index contributed by atoms with van der Waals surface area (Å²) in [6.45, 7) is 0. The molecule has 0 aliphatic rings. The molecule has 88 valence electrons. The molecule has 0 radical (unpaired) electrons. The Hall–Kier alpha value is -1.81. The summed E-state index contributed by atoms with van der Waals surface area (Å²) < 4.78 is 6.67. The quantitative estimate of drug-likeness (QED) is 0.786. The molecule has 0 unspecified atom stereocenters. The van der Waals surface area contributed by atoms with E-state index in [1.54, 1.807) is 37.5 Å². The summed E-state index contributed by atoms with van der Waals surface area (Å²) in [5.74, 6) is 0.321. The van der Waals surface area contributed by atoms with Gasteiger partial charge in [0.05, 0.1) is 12.7 Å². The highest BCUT2D eigenvalue weighted by atomic mass is 35.5. The zero-order chi connectivity index (χ0) is 12.4. The van der Waals surface area contributed by atoms with Crippen molar-refractivity contribution in [3.05, 3.63) is 46.7 Å². The van der Waals surface area contributed by atoms with Crippen LogP contribution in [0.15, 0.2) is 30.5 Å². The fourth-order valence-electron chi connectivity index (χ4n) is 1.59. The molecular weight excluding hydrogens is 240 g/mol. The Morgan fingerprint density at radius 2 is 2.18 bits per heavy atom. The molecule has 0 saturated carbocycles. The highest BCUT2D eigenvalue weighted by Gasteiger charge is 2.17. The molecule has 0 spiro atoms. The number of aryl methyl sites for hydroxylation is 1. The first-order chi connectivity index (χ1) is 8.13. The van der Waals surface area contributed by atoms with E-state index in [4.69, 9.17) is 16.3 Å². The van der Waals surface area contributed by atoms with E-state index in [2.05, 4.69) is 5.10 Å². The van der Waals surface area contributed by atoms with Crippen molar-refractivity contribution in [3.63, 3.8) is 0 Å².